The first-order valence-electron chi connectivity index (χ1n) is 6.31. The molecule has 108 valence electrons. The maximum absolute atomic E-state index is 10.8. The predicted octanol–water partition coefficient (Wildman–Crippen LogP) is 2.65. The van der Waals surface area contributed by atoms with Gasteiger partial charge in [0.1, 0.15) is 0 Å². The zero-order valence-electron chi connectivity index (χ0n) is 11.7. The summed E-state index contributed by atoms with van der Waals surface area (Å²) in [6, 6.07) is 2.90. The Labute approximate surface area is 121 Å². The Morgan fingerprint density at radius 1 is 1.33 bits per heavy atom. The fourth-order valence-electron chi connectivity index (χ4n) is 1.76. The summed E-state index contributed by atoms with van der Waals surface area (Å²) >= 11 is 0. The number of nitrogens with zero attached hydrogens (tertiary/aromatic N) is 3. The number of rotatable bonds is 4. The van der Waals surface area contributed by atoms with Crippen LogP contribution in [0.1, 0.15) is 29.8 Å². The second kappa shape index (κ2) is 6.04. The smallest absolute Gasteiger partial charge is 0.337 e. The molecule has 0 radical (unpaired) electrons. The summed E-state index contributed by atoms with van der Waals surface area (Å²) in [5.41, 5.74) is 1.53. The van der Waals surface area contributed by atoms with E-state index >= 15 is 0 Å². The fraction of sp³-hybridized carbons (Fsp3) is 0.133. The fourth-order valence-corrected chi connectivity index (χ4v) is 1.76. The van der Waals surface area contributed by atoms with Crippen LogP contribution in [0.3, 0.4) is 0 Å². The van der Waals surface area contributed by atoms with Crippen LogP contribution in [0.25, 0.3) is 11.4 Å². The van der Waals surface area contributed by atoms with Crippen LogP contribution in [0.2, 0.25) is 0 Å². The summed E-state index contributed by atoms with van der Waals surface area (Å²) in [6.07, 6.45) is 8.38. The van der Waals surface area contributed by atoms with Crippen molar-refractivity contribution in [2.45, 2.75) is 13.8 Å². The topological polar surface area (TPSA) is 88.2 Å². The van der Waals surface area contributed by atoms with Gasteiger partial charge in [0.2, 0.25) is 5.88 Å². The third-order valence-electron chi connectivity index (χ3n) is 2.92. The number of aromatic nitrogens is 3. The predicted molar refractivity (Wildman–Crippen MR) is 78.4 cm³/mol. The Bertz CT molecular complexity index is 712. The first-order valence-corrected chi connectivity index (χ1v) is 6.31. The van der Waals surface area contributed by atoms with Gasteiger partial charge in [-0.3, -0.25) is 0 Å². The Kier molecular flexibility index (Phi) is 4.18. The van der Waals surface area contributed by atoms with Crippen LogP contribution in [-0.4, -0.2) is 30.9 Å². The van der Waals surface area contributed by atoms with Gasteiger partial charge < -0.3 is 10.2 Å². The molecule has 6 nitrogen and oxygen atoms in total. The number of pyridine rings is 1. The van der Waals surface area contributed by atoms with Gasteiger partial charge in [0.25, 0.3) is 0 Å². The number of aromatic hydroxyl groups is 1. The molecule has 0 aliphatic heterocycles. The van der Waals surface area contributed by atoms with E-state index in [4.69, 9.17) is 5.11 Å². The molecule has 2 aromatic rings. The lowest BCUT2D eigenvalue weighted by atomic mass is 10.1. The SMILES string of the molecule is C/C=C\C=C(/C)c1cnn(-c2ccc(C(=O)O)cn2)c1O. The van der Waals surface area contributed by atoms with E-state index in [1.54, 1.807) is 0 Å². The standard InChI is InChI=1S/C15H15N3O3/c1-3-4-5-10(2)12-9-17-18(14(12)19)13-7-6-11(8-16-13)15(20)21/h3-9,19H,1-2H3,(H,20,21)/b4-3-,10-5+. The van der Waals surface area contributed by atoms with Crippen molar-refractivity contribution in [3.63, 3.8) is 0 Å². The van der Waals surface area contributed by atoms with Gasteiger partial charge in [-0.2, -0.15) is 9.78 Å². The number of carbonyl (C=O) groups is 1. The molecule has 0 amide bonds. The Morgan fingerprint density at radius 2 is 2.10 bits per heavy atom. The summed E-state index contributed by atoms with van der Waals surface area (Å²) in [6.45, 7) is 3.77. The quantitative estimate of drug-likeness (QED) is 0.843. The molecule has 0 fully saturated rings. The van der Waals surface area contributed by atoms with Gasteiger partial charge in [-0.05, 0) is 31.6 Å². The highest BCUT2D eigenvalue weighted by Crippen LogP contribution is 2.26. The maximum atomic E-state index is 10.8. The molecule has 0 spiro atoms. The van der Waals surface area contributed by atoms with Gasteiger partial charge >= 0.3 is 5.97 Å². The van der Waals surface area contributed by atoms with Crippen molar-refractivity contribution in [3.05, 3.63) is 53.9 Å². The van der Waals surface area contributed by atoms with Crippen LogP contribution in [0.4, 0.5) is 0 Å². The van der Waals surface area contributed by atoms with Crippen molar-refractivity contribution in [2.24, 2.45) is 0 Å². The van der Waals surface area contributed by atoms with Crippen molar-refractivity contribution in [2.75, 3.05) is 0 Å². The average Bonchev–Trinajstić information content (AvgIpc) is 2.86. The molecule has 21 heavy (non-hydrogen) atoms. The third-order valence-corrected chi connectivity index (χ3v) is 2.92. The molecule has 2 heterocycles. The zero-order valence-corrected chi connectivity index (χ0v) is 11.7. The molecule has 0 aliphatic rings. The van der Waals surface area contributed by atoms with Gasteiger partial charge in [0.05, 0.1) is 17.3 Å². The van der Waals surface area contributed by atoms with Crippen molar-refractivity contribution in [3.8, 4) is 11.7 Å². The molecular weight excluding hydrogens is 270 g/mol. The van der Waals surface area contributed by atoms with E-state index in [1.165, 1.54) is 29.2 Å². The summed E-state index contributed by atoms with van der Waals surface area (Å²) in [5, 5.41) is 23.1. The van der Waals surface area contributed by atoms with Crippen LogP contribution >= 0.6 is 0 Å². The van der Waals surface area contributed by atoms with Crippen molar-refractivity contribution in [1.29, 1.82) is 0 Å². The van der Waals surface area contributed by atoms with E-state index in [2.05, 4.69) is 10.1 Å². The molecule has 2 rings (SSSR count). The van der Waals surface area contributed by atoms with E-state index in [9.17, 15) is 9.90 Å². The molecule has 0 saturated heterocycles. The van der Waals surface area contributed by atoms with Crippen molar-refractivity contribution >= 4 is 11.5 Å². The second-order valence-electron chi connectivity index (χ2n) is 4.38. The highest BCUT2D eigenvalue weighted by atomic mass is 16.4. The van der Waals surface area contributed by atoms with Crippen molar-refractivity contribution in [1.82, 2.24) is 14.8 Å². The Morgan fingerprint density at radius 3 is 2.67 bits per heavy atom. The van der Waals surface area contributed by atoms with E-state index < -0.39 is 5.97 Å². The highest BCUT2D eigenvalue weighted by Gasteiger charge is 2.13. The number of carboxylic acids is 1. The van der Waals surface area contributed by atoms with Gasteiger partial charge in [0.15, 0.2) is 5.82 Å². The minimum atomic E-state index is -1.05. The van der Waals surface area contributed by atoms with E-state index in [0.29, 0.717) is 11.4 Å². The molecule has 0 saturated carbocycles. The largest absolute Gasteiger partial charge is 0.493 e. The van der Waals surface area contributed by atoms with Crippen molar-refractivity contribution < 1.29 is 15.0 Å². The summed E-state index contributed by atoms with van der Waals surface area (Å²) in [5.74, 6) is -0.740. The van der Waals surface area contributed by atoms with E-state index in [1.807, 2.05) is 32.1 Å². The molecule has 0 bridgehead atoms. The van der Waals surface area contributed by atoms with Gasteiger partial charge in [-0.1, -0.05) is 18.2 Å². The molecule has 2 N–H and O–H groups in total. The highest BCUT2D eigenvalue weighted by molar-refractivity contribution is 5.87. The lowest BCUT2D eigenvalue weighted by Crippen LogP contribution is -2.02. The minimum Gasteiger partial charge on any atom is -0.493 e. The third kappa shape index (κ3) is 3.00. The van der Waals surface area contributed by atoms with E-state index in [-0.39, 0.29) is 11.4 Å². The first-order chi connectivity index (χ1) is 10.0. The zero-order chi connectivity index (χ0) is 15.4. The molecule has 0 aromatic carbocycles. The number of hydrogen-bond donors (Lipinski definition) is 2. The Hall–Kier alpha value is -2.89. The normalized spacial score (nSPS) is 12.0. The number of allylic oxidation sites excluding steroid dienone is 4. The number of carboxylic acid groups (broad SMARTS) is 1. The van der Waals surface area contributed by atoms with E-state index in [0.717, 1.165) is 5.57 Å². The second-order valence-corrected chi connectivity index (χ2v) is 4.38. The summed E-state index contributed by atoms with van der Waals surface area (Å²) in [4.78, 5) is 14.8. The molecule has 6 heteroatoms. The minimum absolute atomic E-state index is 0.0381. The lowest BCUT2D eigenvalue weighted by Gasteiger charge is -2.03. The van der Waals surface area contributed by atoms with Crippen LogP contribution < -0.4 is 0 Å². The molecular formula is C15H15N3O3. The maximum Gasteiger partial charge on any atom is 0.337 e. The van der Waals surface area contributed by atoms with Gasteiger partial charge in [-0.25, -0.2) is 9.78 Å². The van der Waals surface area contributed by atoms with Crippen LogP contribution in [-0.2, 0) is 0 Å². The molecule has 0 aliphatic carbocycles. The summed E-state index contributed by atoms with van der Waals surface area (Å²) < 4.78 is 1.26. The van der Waals surface area contributed by atoms with Gasteiger partial charge in [-0.15, -0.1) is 0 Å². The average molecular weight is 285 g/mol. The Balaban J connectivity index is 2.38. The molecule has 0 unspecified atom stereocenters. The molecule has 2 aromatic heterocycles. The monoisotopic (exact) mass is 285 g/mol. The molecule has 0 atom stereocenters. The first kappa shape index (κ1) is 14.5. The van der Waals surface area contributed by atoms with Crippen LogP contribution in [0.15, 0.2) is 42.8 Å². The van der Waals surface area contributed by atoms with Crippen LogP contribution in [0, 0.1) is 0 Å². The number of hydrogen-bond acceptors (Lipinski definition) is 4. The van der Waals surface area contributed by atoms with Gasteiger partial charge in [0, 0.05) is 6.20 Å². The summed E-state index contributed by atoms with van der Waals surface area (Å²) in [7, 11) is 0. The lowest BCUT2D eigenvalue weighted by molar-refractivity contribution is 0.0696. The van der Waals surface area contributed by atoms with Crippen LogP contribution in [0.5, 0.6) is 5.88 Å². The number of aromatic carboxylic acids is 1.